The van der Waals surface area contributed by atoms with E-state index in [1.165, 1.54) is 17.3 Å². The van der Waals surface area contributed by atoms with Crippen LogP contribution in [0, 0.1) is 12.8 Å². The highest BCUT2D eigenvalue weighted by molar-refractivity contribution is 8.04. The van der Waals surface area contributed by atoms with Crippen LogP contribution in [0.1, 0.15) is 64.2 Å². The lowest BCUT2D eigenvalue weighted by molar-refractivity contribution is -0.164. The fraction of sp³-hybridized carbons (Fsp3) is 0.483. The number of ether oxygens (including phenoxy) is 2. The van der Waals surface area contributed by atoms with E-state index >= 15 is 0 Å². The number of hydrogen-bond donors (Lipinski definition) is 2. The van der Waals surface area contributed by atoms with Crippen LogP contribution in [-0.4, -0.2) is 35.0 Å². The second kappa shape index (κ2) is 11.1. The first-order valence-electron chi connectivity index (χ1n) is 12.2. The zero-order valence-electron chi connectivity index (χ0n) is 21.7. The average molecular weight is 499 g/mol. The zero-order chi connectivity index (χ0) is 25.8. The van der Waals surface area contributed by atoms with Crippen LogP contribution in [0.25, 0.3) is 0 Å². The third-order valence-electron chi connectivity index (χ3n) is 6.59. The Hall–Kier alpha value is -2.44. The lowest BCUT2D eigenvalue weighted by atomic mass is 9.80. The summed E-state index contributed by atoms with van der Waals surface area (Å²) in [7, 11) is 0. The molecule has 6 heteroatoms. The first-order chi connectivity index (χ1) is 16.5. The van der Waals surface area contributed by atoms with E-state index in [0.717, 1.165) is 22.4 Å². The van der Waals surface area contributed by atoms with Gasteiger partial charge in [-0.15, -0.1) is 0 Å². The SMILES string of the molecule is Cc1cc(SC2=C(O)CC(CCc3ccccc3)(C(C)C)OC2=O)c(C(C)(C)C)cc1OCCO. The van der Waals surface area contributed by atoms with Gasteiger partial charge >= 0.3 is 5.97 Å². The van der Waals surface area contributed by atoms with Crippen LogP contribution < -0.4 is 4.74 Å². The maximum atomic E-state index is 13.3. The molecule has 5 nitrogen and oxygen atoms in total. The van der Waals surface area contributed by atoms with Gasteiger partial charge in [-0.1, -0.05) is 76.7 Å². The zero-order valence-corrected chi connectivity index (χ0v) is 22.5. The molecule has 2 N–H and O–H groups in total. The molecule has 2 aromatic carbocycles. The van der Waals surface area contributed by atoms with Crippen LogP contribution in [0.5, 0.6) is 5.75 Å². The summed E-state index contributed by atoms with van der Waals surface area (Å²) in [6.45, 7) is 12.5. The number of aliphatic hydroxyl groups is 2. The van der Waals surface area contributed by atoms with E-state index in [-0.39, 0.29) is 35.2 Å². The van der Waals surface area contributed by atoms with Gasteiger partial charge in [-0.25, -0.2) is 4.79 Å². The van der Waals surface area contributed by atoms with Crippen LogP contribution in [-0.2, 0) is 21.4 Å². The predicted molar refractivity (Wildman–Crippen MR) is 141 cm³/mol. The van der Waals surface area contributed by atoms with Crippen molar-refractivity contribution in [2.45, 2.75) is 76.7 Å². The molecular weight excluding hydrogens is 460 g/mol. The standard InChI is InChI=1S/C29H38O5S/c1-19(2)29(13-12-21-10-8-7-9-11-21)18-23(31)26(27(32)34-29)35-25-16-20(3)24(33-15-14-30)17-22(25)28(4,5)6/h7-11,16-17,19,30-31H,12-15,18H2,1-6H3. The van der Waals surface area contributed by atoms with Crippen LogP contribution in [0.15, 0.2) is 58.0 Å². The molecule has 1 aliphatic rings. The number of aliphatic hydroxyl groups excluding tert-OH is 2. The topological polar surface area (TPSA) is 76.0 Å². The summed E-state index contributed by atoms with van der Waals surface area (Å²) in [6, 6.07) is 14.1. The van der Waals surface area contributed by atoms with Crippen molar-refractivity contribution in [1.29, 1.82) is 0 Å². The summed E-state index contributed by atoms with van der Waals surface area (Å²) in [5, 5.41) is 20.3. The number of rotatable bonds is 9. The number of thioether (sulfide) groups is 1. The van der Waals surface area contributed by atoms with Crippen molar-refractivity contribution in [1.82, 2.24) is 0 Å². The van der Waals surface area contributed by atoms with E-state index in [9.17, 15) is 9.90 Å². The first kappa shape index (κ1) is 27.2. The lowest BCUT2D eigenvalue weighted by Gasteiger charge is -2.40. The van der Waals surface area contributed by atoms with Crippen LogP contribution in [0.2, 0.25) is 0 Å². The Labute approximate surface area is 213 Å². The summed E-state index contributed by atoms with van der Waals surface area (Å²) < 4.78 is 11.8. The highest BCUT2D eigenvalue weighted by atomic mass is 32.2. The Morgan fingerprint density at radius 2 is 1.86 bits per heavy atom. The molecule has 0 saturated carbocycles. The Morgan fingerprint density at radius 1 is 1.17 bits per heavy atom. The largest absolute Gasteiger partial charge is 0.511 e. The molecule has 1 aliphatic heterocycles. The summed E-state index contributed by atoms with van der Waals surface area (Å²) >= 11 is 1.26. The number of esters is 1. The molecule has 0 amide bonds. The second-order valence-electron chi connectivity index (χ2n) is 10.6. The van der Waals surface area contributed by atoms with Gasteiger partial charge < -0.3 is 19.7 Å². The number of carbonyl (C=O) groups excluding carboxylic acids is 1. The lowest BCUT2D eigenvalue weighted by Crippen LogP contribution is -2.44. The molecule has 1 unspecified atom stereocenters. The Bertz CT molecular complexity index is 1070. The first-order valence-corrected chi connectivity index (χ1v) is 13.0. The van der Waals surface area contributed by atoms with Crippen molar-refractivity contribution in [3.05, 3.63) is 69.8 Å². The molecule has 0 fully saturated rings. The molecule has 0 aromatic heterocycles. The quantitative estimate of drug-likeness (QED) is 0.384. The van der Waals surface area contributed by atoms with Gasteiger partial charge in [0.15, 0.2) is 0 Å². The highest BCUT2D eigenvalue weighted by Crippen LogP contribution is 2.46. The van der Waals surface area contributed by atoms with Crippen molar-refractivity contribution in [3.8, 4) is 5.75 Å². The van der Waals surface area contributed by atoms with E-state index in [4.69, 9.17) is 14.6 Å². The molecule has 2 aromatic rings. The number of benzene rings is 2. The fourth-order valence-corrected chi connectivity index (χ4v) is 5.60. The van der Waals surface area contributed by atoms with Crippen molar-refractivity contribution in [3.63, 3.8) is 0 Å². The fourth-order valence-electron chi connectivity index (χ4n) is 4.35. The smallest absolute Gasteiger partial charge is 0.349 e. The summed E-state index contributed by atoms with van der Waals surface area (Å²) in [5.41, 5.74) is 2.11. The molecule has 0 spiro atoms. The van der Waals surface area contributed by atoms with E-state index < -0.39 is 11.6 Å². The Kier molecular flexibility index (Phi) is 8.60. The summed E-state index contributed by atoms with van der Waals surface area (Å²) in [4.78, 5) is 14.4. The minimum Gasteiger partial charge on any atom is -0.511 e. The molecule has 190 valence electrons. The molecule has 1 heterocycles. The molecule has 0 saturated heterocycles. The normalized spacial score (nSPS) is 18.7. The Balaban J connectivity index is 1.91. The number of aryl methyl sites for hydroxylation is 2. The molecule has 0 radical (unpaired) electrons. The van der Waals surface area contributed by atoms with Gasteiger partial charge in [0.25, 0.3) is 0 Å². The van der Waals surface area contributed by atoms with Gasteiger partial charge in [-0.05, 0) is 59.9 Å². The predicted octanol–water partition coefficient (Wildman–Crippen LogP) is 6.50. The summed E-state index contributed by atoms with van der Waals surface area (Å²) in [6.07, 6.45) is 1.71. The van der Waals surface area contributed by atoms with Gasteiger partial charge in [0.2, 0.25) is 0 Å². The molecular formula is C29H38O5S. The van der Waals surface area contributed by atoms with Gasteiger partial charge in [-0.3, -0.25) is 0 Å². The van der Waals surface area contributed by atoms with Gasteiger partial charge in [-0.2, -0.15) is 0 Å². The summed E-state index contributed by atoms with van der Waals surface area (Å²) in [5.74, 6) is 0.376. The third-order valence-corrected chi connectivity index (χ3v) is 7.75. The second-order valence-corrected chi connectivity index (χ2v) is 11.6. The van der Waals surface area contributed by atoms with E-state index in [1.807, 2.05) is 51.1 Å². The van der Waals surface area contributed by atoms with Crippen LogP contribution in [0.3, 0.4) is 0 Å². The number of hydrogen-bond acceptors (Lipinski definition) is 6. The maximum absolute atomic E-state index is 13.3. The Morgan fingerprint density at radius 3 is 2.43 bits per heavy atom. The van der Waals surface area contributed by atoms with E-state index in [1.54, 1.807) is 0 Å². The molecule has 0 aliphatic carbocycles. The van der Waals surface area contributed by atoms with Gasteiger partial charge in [0, 0.05) is 11.3 Å². The molecule has 0 bridgehead atoms. The monoisotopic (exact) mass is 498 g/mol. The molecule has 35 heavy (non-hydrogen) atoms. The van der Waals surface area contributed by atoms with Gasteiger partial charge in [0.1, 0.15) is 28.6 Å². The van der Waals surface area contributed by atoms with Crippen LogP contribution in [0.4, 0.5) is 0 Å². The highest BCUT2D eigenvalue weighted by Gasteiger charge is 2.44. The van der Waals surface area contributed by atoms with E-state index in [2.05, 4.69) is 32.9 Å². The number of carbonyl (C=O) groups is 1. The third kappa shape index (κ3) is 6.42. The minimum absolute atomic E-state index is 0.0548. The van der Waals surface area contributed by atoms with Gasteiger partial charge in [0.05, 0.1) is 6.61 Å². The van der Waals surface area contributed by atoms with Crippen LogP contribution >= 0.6 is 11.8 Å². The van der Waals surface area contributed by atoms with Crippen molar-refractivity contribution in [2.24, 2.45) is 5.92 Å². The maximum Gasteiger partial charge on any atom is 0.349 e. The van der Waals surface area contributed by atoms with Crippen molar-refractivity contribution >= 4 is 17.7 Å². The molecule has 3 rings (SSSR count). The minimum atomic E-state index is -0.744. The number of cyclic esters (lactones) is 1. The molecule has 1 atom stereocenters. The van der Waals surface area contributed by atoms with Crippen molar-refractivity contribution < 1.29 is 24.5 Å². The average Bonchev–Trinajstić information content (AvgIpc) is 2.79. The van der Waals surface area contributed by atoms with Crippen molar-refractivity contribution in [2.75, 3.05) is 13.2 Å². The van der Waals surface area contributed by atoms with E-state index in [0.29, 0.717) is 18.6 Å².